The molecule has 4 N–H and O–H groups in total. The van der Waals surface area contributed by atoms with Gasteiger partial charge in [0.15, 0.2) is 11.6 Å². The second-order valence-corrected chi connectivity index (χ2v) is 3.20. The molecule has 0 saturated carbocycles. The quantitative estimate of drug-likeness (QED) is 0.310. The van der Waals surface area contributed by atoms with Crippen LogP contribution in [0, 0.1) is 16.7 Å². The van der Waals surface area contributed by atoms with Gasteiger partial charge in [0.25, 0.3) is 0 Å². The lowest BCUT2D eigenvalue weighted by molar-refractivity contribution is 0.101. The fourth-order valence-electron chi connectivity index (χ4n) is 1.15. The van der Waals surface area contributed by atoms with Crippen LogP contribution >= 0.6 is 0 Å². The zero-order valence-corrected chi connectivity index (χ0v) is 9.19. The minimum atomic E-state index is -0.430. The Bertz CT molecular complexity index is 527. The highest BCUT2D eigenvalue weighted by Gasteiger charge is 2.06. The molecule has 0 radical (unpaired) electrons. The monoisotopic (exact) mass is 229 g/mol. The van der Waals surface area contributed by atoms with Gasteiger partial charge in [-0.25, -0.2) is 0 Å². The van der Waals surface area contributed by atoms with Crippen molar-refractivity contribution in [2.45, 2.75) is 6.92 Å². The molecule has 0 heterocycles. The maximum Gasteiger partial charge on any atom is 0.201 e. The summed E-state index contributed by atoms with van der Waals surface area (Å²) in [6.07, 6.45) is 0. The molecule has 0 atom stereocenters. The van der Waals surface area contributed by atoms with Crippen LogP contribution in [0.3, 0.4) is 0 Å². The van der Waals surface area contributed by atoms with E-state index in [9.17, 15) is 4.79 Å². The van der Waals surface area contributed by atoms with E-state index in [1.807, 2.05) is 0 Å². The van der Waals surface area contributed by atoms with Gasteiger partial charge in [0.05, 0.1) is 5.69 Å². The molecule has 1 rings (SSSR count). The predicted molar refractivity (Wildman–Crippen MR) is 65.0 cm³/mol. The van der Waals surface area contributed by atoms with E-state index in [4.69, 9.17) is 16.4 Å². The van der Waals surface area contributed by atoms with Crippen molar-refractivity contribution in [2.75, 3.05) is 5.43 Å². The summed E-state index contributed by atoms with van der Waals surface area (Å²) in [5.41, 5.74) is 8.37. The number of anilines is 1. The average Bonchev–Trinajstić information content (AvgIpc) is 2.29. The van der Waals surface area contributed by atoms with Crippen LogP contribution < -0.4 is 11.2 Å². The Morgan fingerprint density at radius 3 is 2.71 bits per heavy atom. The molecular weight excluding hydrogens is 218 g/mol. The van der Waals surface area contributed by atoms with Crippen molar-refractivity contribution in [3.63, 3.8) is 0 Å². The third-order valence-corrected chi connectivity index (χ3v) is 1.96. The summed E-state index contributed by atoms with van der Waals surface area (Å²) in [7, 11) is 0. The highest BCUT2D eigenvalue weighted by atomic mass is 16.1. The van der Waals surface area contributed by atoms with Crippen LogP contribution in [-0.4, -0.2) is 17.3 Å². The molecule has 0 unspecified atom stereocenters. The molecule has 0 amide bonds. The number of nitrogens with zero attached hydrogens (tertiary/aromatic N) is 2. The molecule has 0 aliphatic rings. The Morgan fingerprint density at radius 1 is 1.53 bits per heavy atom. The number of hydrazone groups is 1. The molecule has 0 fully saturated rings. The van der Waals surface area contributed by atoms with E-state index < -0.39 is 5.84 Å². The summed E-state index contributed by atoms with van der Waals surface area (Å²) in [5.74, 6) is -0.551. The molecule has 6 nitrogen and oxygen atoms in total. The molecule has 0 bridgehead atoms. The van der Waals surface area contributed by atoms with Gasteiger partial charge in [0.2, 0.25) is 5.71 Å². The van der Waals surface area contributed by atoms with Gasteiger partial charge >= 0.3 is 0 Å². The first-order valence-corrected chi connectivity index (χ1v) is 4.74. The fraction of sp³-hybridized carbons (Fsp3) is 0.0909. The summed E-state index contributed by atoms with van der Waals surface area (Å²) >= 11 is 0. The van der Waals surface area contributed by atoms with Crippen LogP contribution in [0.25, 0.3) is 0 Å². The van der Waals surface area contributed by atoms with Gasteiger partial charge in [-0.1, -0.05) is 12.1 Å². The molecule has 86 valence electrons. The first kappa shape index (κ1) is 12.4. The SMILES string of the molecule is CC(=O)c1ccccc1N/N=C(\C#N)C(=N)N. The van der Waals surface area contributed by atoms with Crippen molar-refractivity contribution in [3.05, 3.63) is 29.8 Å². The number of nitrogens with one attached hydrogen (secondary N) is 2. The van der Waals surface area contributed by atoms with Gasteiger partial charge in [-0.3, -0.25) is 15.6 Å². The fourth-order valence-corrected chi connectivity index (χ4v) is 1.15. The molecular formula is C11H11N5O. The third kappa shape index (κ3) is 3.14. The third-order valence-electron chi connectivity index (χ3n) is 1.96. The lowest BCUT2D eigenvalue weighted by Crippen LogP contribution is -2.22. The van der Waals surface area contributed by atoms with Crippen molar-refractivity contribution in [1.29, 1.82) is 10.7 Å². The van der Waals surface area contributed by atoms with Crippen LogP contribution in [0.4, 0.5) is 5.69 Å². The Labute approximate surface area is 98.3 Å². The number of hydrogen-bond acceptors (Lipinski definition) is 5. The van der Waals surface area contributed by atoms with Crippen LogP contribution in [-0.2, 0) is 0 Å². The second kappa shape index (κ2) is 5.42. The number of Topliss-reactive ketones (excluding diaryl/α,β-unsaturated/α-hetero) is 1. The average molecular weight is 229 g/mol. The number of amidine groups is 1. The number of ketones is 1. The minimum absolute atomic E-state index is 0.121. The van der Waals surface area contributed by atoms with Crippen molar-refractivity contribution < 1.29 is 4.79 Å². The normalized spacial score (nSPS) is 10.5. The number of hydrogen-bond donors (Lipinski definition) is 3. The smallest absolute Gasteiger partial charge is 0.201 e. The van der Waals surface area contributed by atoms with Crippen molar-refractivity contribution in [1.82, 2.24) is 0 Å². The zero-order valence-electron chi connectivity index (χ0n) is 9.19. The summed E-state index contributed by atoms with van der Waals surface area (Å²) in [6.45, 7) is 1.43. The largest absolute Gasteiger partial charge is 0.382 e. The van der Waals surface area contributed by atoms with E-state index in [-0.39, 0.29) is 11.5 Å². The number of nitrogens with two attached hydrogens (primary N) is 1. The Balaban J connectivity index is 3.01. The molecule has 0 aliphatic heterocycles. The van der Waals surface area contributed by atoms with Gasteiger partial charge in [-0.2, -0.15) is 10.4 Å². The molecule has 17 heavy (non-hydrogen) atoms. The van der Waals surface area contributed by atoms with Gasteiger partial charge < -0.3 is 5.73 Å². The highest BCUT2D eigenvalue weighted by molar-refractivity contribution is 6.45. The van der Waals surface area contributed by atoms with Crippen molar-refractivity contribution >= 4 is 23.0 Å². The van der Waals surface area contributed by atoms with E-state index in [2.05, 4.69) is 10.5 Å². The number of benzene rings is 1. The Morgan fingerprint density at radius 2 is 2.18 bits per heavy atom. The lowest BCUT2D eigenvalue weighted by atomic mass is 10.1. The van der Waals surface area contributed by atoms with Crippen LogP contribution in [0.2, 0.25) is 0 Å². The maximum absolute atomic E-state index is 11.3. The molecule has 0 aliphatic carbocycles. The molecule has 0 spiro atoms. The van der Waals surface area contributed by atoms with Gasteiger partial charge in [-0.05, 0) is 19.1 Å². The molecule has 1 aromatic rings. The highest BCUT2D eigenvalue weighted by Crippen LogP contribution is 2.15. The van der Waals surface area contributed by atoms with Gasteiger partial charge in [0, 0.05) is 5.56 Å². The van der Waals surface area contributed by atoms with Crippen LogP contribution in [0.1, 0.15) is 17.3 Å². The van der Waals surface area contributed by atoms with Crippen molar-refractivity contribution in [3.8, 4) is 6.07 Å². The van der Waals surface area contributed by atoms with E-state index in [0.717, 1.165) is 0 Å². The topological polar surface area (TPSA) is 115 Å². The van der Waals surface area contributed by atoms with Crippen molar-refractivity contribution in [2.24, 2.45) is 10.8 Å². The summed E-state index contributed by atoms with van der Waals surface area (Å²) in [5, 5.41) is 19.4. The van der Waals surface area contributed by atoms with Gasteiger partial charge in [0.1, 0.15) is 6.07 Å². The number of carbonyl (C=O) groups is 1. The number of nitriles is 1. The molecule has 1 aromatic carbocycles. The number of rotatable bonds is 4. The first-order chi connectivity index (χ1) is 8.06. The lowest BCUT2D eigenvalue weighted by Gasteiger charge is -2.05. The second-order valence-electron chi connectivity index (χ2n) is 3.20. The number of carbonyl (C=O) groups excluding carboxylic acids is 1. The first-order valence-electron chi connectivity index (χ1n) is 4.74. The zero-order chi connectivity index (χ0) is 12.8. The maximum atomic E-state index is 11.3. The Hall–Kier alpha value is -2.68. The Kier molecular flexibility index (Phi) is 3.95. The molecule has 0 aromatic heterocycles. The van der Waals surface area contributed by atoms with Crippen LogP contribution in [0.5, 0.6) is 0 Å². The van der Waals surface area contributed by atoms with Gasteiger partial charge in [-0.15, -0.1) is 0 Å². The molecule has 6 heteroatoms. The molecule has 0 saturated heterocycles. The summed E-state index contributed by atoms with van der Waals surface area (Å²) < 4.78 is 0. The summed E-state index contributed by atoms with van der Waals surface area (Å²) in [6, 6.07) is 8.41. The van der Waals surface area contributed by atoms with E-state index in [0.29, 0.717) is 11.3 Å². The summed E-state index contributed by atoms with van der Waals surface area (Å²) in [4.78, 5) is 11.3. The standard InChI is InChI=1S/C11H11N5O/c1-7(17)8-4-2-3-5-9(8)15-16-10(6-12)11(13)14/h2-5,15H,1H3,(H3,13,14)/b16-10+. The van der Waals surface area contributed by atoms with Crippen LogP contribution in [0.15, 0.2) is 29.4 Å². The van der Waals surface area contributed by atoms with E-state index >= 15 is 0 Å². The van der Waals surface area contributed by atoms with E-state index in [1.165, 1.54) is 6.92 Å². The predicted octanol–water partition coefficient (Wildman–Crippen LogP) is 1.12. The number of para-hydroxylation sites is 1. The minimum Gasteiger partial charge on any atom is -0.382 e. The van der Waals surface area contributed by atoms with E-state index in [1.54, 1.807) is 30.3 Å².